The Balaban J connectivity index is 2.25. The van der Waals surface area contributed by atoms with Crippen LogP contribution < -0.4 is 11.2 Å². The van der Waals surface area contributed by atoms with Crippen molar-refractivity contribution >= 4 is 5.97 Å². The third-order valence-corrected chi connectivity index (χ3v) is 2.92. The molecule has 1 aliphatic rings. The van der Waals surface area contributed by atoms with Crippen molar-refractivity contribution in [3.05, 3.63) is 32.6 Å². The van der Waals surface area contributed by atoms with Crippen molar-refractivity contribution in [3.63, 3.8) is 0 Å². The largest absolute Gasteiger partial charge is 0.467 e. The molecule has 2 heterocycles. The number of carbonyl (C=O) groups excluding carboxylic acids is 1. The highest BCUT2D eigenvalue weighted by atomic mass is 16.6. The molecule has 1 aromatic rings. The highest BCUT2D eigenvalue weighted by Crippen LogP contribution is 2.27. The number of hydrogen-bond acceptors (Lipinski definition) is 5. The predicted molar refractivity (Wildman–Crippen MR) is 61.2 cm³/mol. The second-order valence-electron chi connectivity index (χ2n) is 4.16. The molecule has 2 atom stereocenters. The fourth-order valence-electron chi connectivity index (χ4n) is 1.93. The number of aryl methyl sites for hydroxylation is 1. The Labute approximate surface area is 102 Å². The summed E-state index contributed by atoms with van der Waals surface area (Å²) >= 11 is 0. The summed E-state index contributed by atoms with van der Waals surface area (Å²) in [5.41, 5.74) is -0.542. The molecule has 2 rings (SSSR count). The van der Waals surface area contributed by atoms with Gasteiger partial charge in [0, 0.05) is 11.8 Å². The number of hydrogen-bond donors (Lipinski definition) is 1. The van der Waals surface area contributed by atoms with E-state index in [1.807, 2.05) is 0 Å². The topological polar surface area (TPSA) is 90.4 Å². The number of aromatic nitrogens is 2. The summed E-state index contributed by atoms with van der Waals surface area (Å²) in [4.78, 5) is 36.4. The zero-order chi connectivity index (χ0) is 13.3. The van der Waals surface area contributed by atoms with Gasteiger partial charge < -0.3 is 9.47 Å². The van der Waals surface area contributed by atoms with Gasteiger partial charge in [-0.25, -0.2) is 9.59 Å². The monoisotopic (exact) mass is 254 g/mol. The Hall–Kier alpha value is -1.89. The number of nitrogens with one attached hydrogen (secondary N) is 1. The number of ether oxygens (including phenoxy) is 2. The van der Waals surface area contributed by atoms with Gasteiger partial charge in [-0.15, -0.1) is 0 Å². The van der Waals surface area contributed by atoms with E-state index in [0.29, 0.717) is 18.4 Å². The lowest BCUT2D eigenvalue weighted by atomic mass is 10.2. The van der Waals surface area contributed by atoms with Crippen molar-refractivity contribution in [1.29, 1.82) is 0 Å². The maximum atomic E-state index is 11.6. The highest BCUT2D eigenvalue weighted by molar-refractivity contribution is 5.74. The normalized spacial score (nSPS) is 23.0. The number of esters is 1. The fourth-order valence-corrected chi connectivity index (χ4v) is 1.93. The summed E-state index contributed by atoms with van der Waals surface area (Å²) < 4.78 is 11.3. The van der Waals surface area contributed by atoms with E-state index in [2.05, 4.69) is 9.72 Å². The van der Waals surface area contributed by atoms with Gasteiger partial charge in [-0.05, 0) is 19.8 Å². The molecule has 1 aromatic heterocycles. The van der Waals surface area contributed by atoms with Crippen LogP contribution in [0.5, 0.6) is 0 Å². The Kier molecular flexibility index (Phi) is 3.33. The number of carbonyl (C=O) groups is 1. The van der Waals surface area contributed by atoms with Crippen LogP contribution in [0.1, 0.15) is 24.6 Å². The van der Waals surface area contributed by atoms with Gasteiger partial charge in [0.25, 0.3) is 5.56 Å². The van der Waals surface area contributed by atoms with E-state index in [1.54, 1.807) is 6.92 Å². The minimum atomic E-state index is -0.654. The van der Waals surface area contributed by atoms with Crippen LogP contribution in [0, 0.1) is 6.92 Å². The molecule has 0 radical (unpaired) electrons. The molecule has 2 unspecified atom stereocenters. The van der Waals surface area contributed by atoms with E-state index in [-0.39, 0.29) is 0 Å². The summed E-state index contributed by atoms with van der Waals surface area (Å²) in [6.45, 7) is 1.60. The van der Waals surface area contributed by atoms with Crippen LogP contribution in [0.15, 0.2) is 15.8 Å². The number of nitrogens with zero attached hydrogens (tertiary/aromatic N) is 1. The van der Waals surface area contributed by atoms with E-state index >= 15 is 0 Å². The maximum Gasteiger partial charge on any atom is 0.335 e. The number of methoxy groups -OCH3 is 1. The second-order valence-corrected chi connectivity index (χ2v) is 4.16. The molecule has 0 aromatic carbocycles. The van der Waals surface area contributed by atoms with Gasteiger partial charge in [-0.2, -0.15) is 0 Å². The SMILES string of the molecule is COC(=O)C1CCC(n2cc(C)c(=O)[nH]c2=O)O1. The Morgan fingerprint density at radius 3 is 2.89 bits per heavy atom. The first-order chi connectivity index (χ1) is 8.52. The van der Waals surface area contributed by atoms with Crippen LogP contribution in [-0.2, 0) is 14.3 Å². The minimum Gasteiger partial charge on any atom is -0.467 e. The molecule has 1 aliphatic heterocycles. The zero-order valence-electron chi connectivity index (χ0n) is 10.1. The fraction of sp³-hybridized carbons (Fsp3) is 0.545. The average molecular weight is 254 g/mol. The highest BCUT2D eigenvalue weighted by Gasteiger charge is 2.32. The van der Waals surface area contributed by atoms with E-state index in [4.69, 9.17) is 4.74 Å². The molecule has 1 fully saturated rings. The van der Waals surface area contributed by atoms with E-state index in [9.17, 15) is 14.4 Å². The molecule has 0 aliphatic carbocycles. The first kappa shape index (κ1) is 12.6. The summed E-state index contributed by atoms with van der Waals surface area (Å²) in [6, 6.07) is 0. The van der Waals surface area contributed by atoms with Gasteiger partial charge in [0.15, 0.2) is 6.10 Å². The van der Waals surface area contributed by atoms with Gasteiger partial charge >= 0.3 is 11.7 Å². The second kappa shape index (κ2) is 4.77. The lowest BCUT2D eigenvalue weighted by Gasteiger charge is -2.14. The third kappa shape index (κ3) is 2.21. The van der Waals surface area contributed by atoms with Crippen LogP contribution >= 0.6 is 0 Å². The van der Waals surface area contributed by atoms with Crippen molar-refractivity contribution in [3.8, 4) is 0 Å². The van der Waals surface area contributed by atoms with Gasteiger partial charge in [0.1, 0.15) is 6.23 Å². The standard InChI is InChI=1S/C11H14N2O5/c1-6-5-13(11(16)12-9(6)14)8-4-3-7(18-8)10(15)17-2/h5,7-8H,3-4H2,1-2H3,(H,12,14,16). The van der Waals surface area contributed by atoms with E-state index in [0.717, 1.165) is 0 Å². The van der Waals surface area contributed by atoms with Crippen LogP contribution in [0.4, 0.5) is 0 Å². The number of rotatable bonds is 2. The summed E-state index contributed by atoms with van der Waals surface area (Å²) in [7, 11) is 1.29. The molecule has 7 heteroatoms. The van der Waals surface area contributed by atoms with Gasteiger partial charge in [0.05, 0.1) is 7.11 Å². The first-order valence-corrected chi connectivity index (χ1v) is 5.58. The van der Waals surface area contributed by atoms with Crippen LogP contribution in [-0.4, -0.2) is 28.7 Å². The maximum absolute atomic E-state index is 11.6. The van der Waals surface area contributed by atoms with Crippen LogP contribution in [0.3, 0.4) is 0 Å². The quantitative estimate of drug-likeness (QED) is 0.731. The lowest BCUT2D eigenvalue weighted by molar-refractivity contribution is -0.155. The van der Waals surface area contributed by atoms with E-state index < -0.39 is 29.6 Å². The molecule has 0 bridgehead atoms. The van der Waals surface area contributed by atoms with Gasteiger partial charge in [0.2, 0.25) is 0 Å². The molecule has 98 valence electrons. The van der Waals surface area contributed by atoms with Crippen LogP contribution in [0.2, 0.25) is 0 Å². The molecule has 7 nitrogen and oxygen atoms in total. The summed E-state index contributed by atoms with van der Waals surface area (Å²) in [6.07, 6.45) is 1.25. The van der Waals surface area contributed by atoms with Gasteiger partial charge in [-0.1, -0.05) is 0 Å². The molecule has 0 amide bonds. The Bertz CT molecular complexity index is 574. The van der Waals surface area contributed by atoms with Gasteiger partial charge in [-0.3, -0.25) is 14.3 Å². The molecule has 18 heavy (non-hydrogen) atoms. The smallest absolute Gasteiger partial charge is 0.335 e. The Morgan fingerprint density at radius 1 is 1.50 bits per heavy atom. The molecule has 0 saturated carbocycles. The molecular weight excluding hydrogens is 240 g/mol. The van der Waals surface area contributed by atoms with Crippen molar-refractivity contribution in [2.45, 2.75) is 32.1 Å². The molecule has 1 saturated heterocycles. The molecule has 0 spiro atoms. The predicted octanol–water partition coefficient (Wildman–Crippen LogP) is -0.304. The van der Waals surface area contributed by atoms with Crippen molar-refractivity contribution < 1.29 is 14.3 Å². The first-order valence-electron chi connectivity index (χ1n) is 5.58. The summed E-state index contributed by atoms with van der Waals surface area (Å²) in [5.74, 6) is -0.452. The number of aromatic amines is 1. The van der Waals surface area contributed by atoms with Crippen LogP contribution in [0.25, 0.3) is 0 Å². The van der Waals surface area contributed by atoms with E-state index in [1.165, 1.54) is 17.9 Å². The summed E-state index contributed by atoms with van der Waals surface area (Å²) in [5, 5.41) is 0. The molecule has 1 N–H and O–H groups in total. The van der Waals surface area contributed by atoms with Crippen molar-refractivity contribution in [1.82, 2.24) is 9.55 Å². The third-order valence-electron chi connectivity index (χ3n) is 2.92. The average Bonchev–Trinajstić information content (AvgIpc) is 2.82. The minimum absolute atomic E-state index is 0.416. The zero-order valence-corrected chi connectivity index (χ0v) is 10.1. The lowest BCUT2D eigenvalue weighted by Crippen LogP contribution is -2.33. The number of H-pyrrole nitrogens is 1. The molecular formula is C11H14N2O5. The Morgan fingerprint density at radius 2 is 2.22 bits per heavy atom. The van der Waals surface area contributed by atoms with Crippen molar-refractivity contribution in [2.75, 3.05) is 7.11 Å². The van der Waals surface area contributed by atoms with Crippen molar-refractivity contribution in [2.24, 2.45) is 0 Å².